The first-order valence-electron chi connectivity index (χ1n) is 2.04. The molecule has 0 aromatic heterocycles. The van der Waals surface area contributed by atoms with Crippen molar-refractivity contribution in [2.75, 3.05) is 12.3 Å². The van der Waals surface area contributed by atoms with Crippen molar-refractivity contribution < 1.29 is 42.3 Å². The number of nitrogens with one attached hydrogen (secondary N) is 1. The summed E-state index contributed by atoms with van der Waals surface area (Å²) in [6.07, 6.45) is 1.52. The van der Waals surface area contributed by atoms with E-state index in [1.165, 1.54) is 6.29 Å². The van der Waals surface area contributed by atoms with Crippen molar-refractivity contribution >= 4 is 24.8 Å². The van der Waals surface area contributed by atoms with E-state index in [1.54, 1.807) is 0 Å². The Kier molecular flexibility index (Phi) is 11.7. The molecule has 0 aliphatic heterocycles. The number of carbonyl (C=O) groups is 1. The summed E-state index contributed by atoms with van der Waals surface area (Å²) in [5, 5.41) is 2.24. The van der Waals surface area contributed by atoms with Gasteiger partial charge in [0.2, 0.25) is 5.91 Å². The maximum Gasteiger partial charge on any atom is 0.227 e. The van der Waals surface area contributed by atoms with Crippen LogP contribution in [0.5, 0.6) is 0 Å². The van der Waals surface area contributed by atoms with Gasteiger partial charge in [0.05, 0.1) is 5.75 Å². The Labute approximate surface area is 84.2 Å². The van der Waals surface area contributed by atoms with Gasteiger partial charge in [0.25, 0.3) is 0 Å². The van der Waals surface area contributed by atoms with Gasteiger partial charge in [0.15, 0.2) is 0 Å². The maximum absolute atomic E-state index is 10.2. The van der Waals surface area contributed by atoms with Crippen molar-refractivity contribution in [3.63, 3.8) is 0 Å². The third-order valence-corrected chi connectivity index (χ3v) is 0.789. The fourth-order valence-electron chi connectivity index (χ4n) is 0.191. The summed E-state index contributed by atoms with van der Waals surface area (Å²) >= 11 is 3.65. The van der Waals surface area contributed by atoms with Gasteiger partial charge in [-0.25, -0.2) is 6.29 Å². The van der Waals surface area contributed by atoms with Crippen LogP contribution >= 0.6 is 12.6 Å². The molecule has 0 heterocycles. The zero-order chi connectivity index (χ0) is 6.41. The van der Waals surface area contributed by atoms with Gasteiger partial charge in [-0.3, -0.25) is 4.79 Å². The summed E-state index contributed by atoms with van der Waals surface area (Å²) in [7, 11) is 0. The Morgan fingerprint density at radius 2 is 2.22 bits per heavy atom. The van der Waals surface area contributed by atoms with Crippen LogP contribution in [0.3, 0.4) is 0 Å². The van der Waals surface area contributed by atoms with Crippen molar-refractivity contribution in [2.24, 2.45) is 0 Å². The molecule has 0 saturated heterocycles. The third-order valence-electron chi connectivity index (χ3n) is 0.501. The first-order valence-corrected chi connectivity index (χ1v) is 2.67. The van der Waals surface area contributed by atoms with Gasteiger partial charge in [-0.15, -0.1) is 0 Å². The van der Waals surface area contributed by atoms with E-state index < -0.39 is 0 Å². The monoisotopic (exact) mass is 221 g/mol. The molecule has 0 aliphatic rings. The predicted molar refractivity (Wildman–Crippen MR) is 32.6 cm³/mol. The standard InChI is InChI=1S/C4H6NO2S.Y/c6-2-1-5-4(7)3-8;/h8H,1,3H2,(H,5,7);/q-1;. The van der Waals surface area contributed by atoms with Gasteiger partial charge in [-0.1, -0.05) is 6.54 Å². The first kappa shape index (κ1) is 12.3. The molecule has 0 aromatic rings. The summed E-state index contributed by atoms with van der Waals surface area (Å²) in [4.78, 5) is 19.7. The minimum absolute atomic E-state index is 0. The van der Waals surface area contributed by atoms with Crippen molar-refractivity contribution in [1.29, 1.82) is 0 Å². The molecule has 5 heteroatoms. The van der Waals surface area contributed by atoms with Gasteiger partial charge < -0.3 is 10.1 Å². The molecule has 0 fully saturated rings. The molecule has 0 rings (SSSR count). The minimum Gasteiger partial charge on any atom is -0.540 e. The Hall–Kier alpha value is 0.594. The molecule has 0 saturated carbocycles. The molecule has 3 nitrogen and oxygen atoms in total. The number of carbonyl (C=O) groups excluding carboxylic acids is 2. The van der Waals surface area contributed by atoms with E-state index in [0.717, 1.165) is 0 Å². The summed E-state index contributed by atoms with van der Waals surface area (Å²) in [6, 6.07) is 0. The molecule has 1 N–H and O–H groups in total. The molecule has 0 aromatic carbocycles. The molecular weight excluding hydrogens is 215 g/mol. The number of hydrogen-bond donors (Lipinski definition) is 2. The molecule has 9 heavy (non-hydrogen) atoms. The van der Waals surface area contributed by atoms with Crippen LogP contribution in [0.2, 0.25) is 0 Å². The first-order chi connectivity index (χ1) is 3.81. The summed E-state index contributed by atoms with van der Waals surface area (Å²) in [5.74, 6) is -0.140. The zero-order valence-electron chi connectivity index (χ0n) is 4.76. The molecule has 0 bridgehead atoms. The van der Waals surface area contributed by atoms with Crippen LogP contribution in [0.15, 0.2) is 0 Å². The van der Waals surface area contributed by atoms with Gasteiger partial charge >= 0.3 is 0 Å². The van der Waals surface area contributed by atoms with Crippen LogP contribution in [-0.2, 0) is 42.3 Å². The van der Waals surface area contributed by atoms with Crippen LogP contribution < -0.4 is 5.32 Å². The molecule has 0 spiro atoms. The second-order valence-electron chi connectivity index (χ2n) is 1.08. The van der Waals surface area contributed by atoms with Gasteiger partial charge in [-0.2, -0.15) is 12.6 Å². The largest absolute Gasteiger partial charge is 0.540 e. The number of rotatable bonds is 3. The van der Waals surface area contributed by atoms with E-state index in [1.807, 2.05) is 0 Å². The second-order valence-corrected chi connectivity index (χ2v) is 1.40. The Morgan fingerprint density at radius 3 is 2.56 bits per heavy atom. The SMILES string of the molecule is O=[C-]CNC(=O)CS.[Y]. The van der Waals surface area contributed by atoms with E-state index in [2.05, 4.69) is 17.9 Å². The van der Waals surface area contributed by atoms with Gasteiger partial charge in [0.1, 0.15) is 0 Å². The van der Waals surface area contributed by atoms with E-state index >= 15 is 0 Å². The smallest absolute Gasteiger partial charge is 0.227 e. The van der Waals surface area contributed by atoms with Crippen molar-refractivity contribution in [2.45, 2.75) is 0 Å². The Balaban J connectivity index is 0. The van der Waals surface area contributed by atoms with Crippen LogP contribution in [0, 0.1) is 0 Å². The zero-order valence-corrected chi connectivity index (χ0v) is 8.49. The molecular formula is C4H6NO2SY-. The Morgan fingerprint density at radius 1 is 1.67 bits per heavy atom. The number of amides is 1. The average Bonchev–Trinajstić information content (AvgIpc) is 1.83. The van der Waals surface area contributed by atoms with Crippen LogP contribution in [-0.4, -0.2) is 24.5 Å². The molecule has 49 valence electrons. The van der Waals surface area contributed by atoms with E-state index in [9.17, 15) is 9.59 Å². The number of hydrogen-bond acceptors (Lipinski definition) is 3. The quantitative estimate of drug-likeness (QED) is 0.481. The molecule has 1 amide bonds. The number of thiol groups is 1. The van der Waals surface area contributed by atoms with Crippen LogP contribution in [0.4, 0.5) is 0 Å². The molecule has 0 unspecified atom stereocenters. The maximum atomic E-state index is 10.2. The second kappa shape index (κ2) is 8.59. The average molecular weight is 221 g/mol. The van der Waals surface area contributed by atoms with Crippen molar-refractivity contribution in [3.8, 4) is 0 Å². The summed E-state index contributed by atoms with van der Waals surface area (Å²) in [6.45, 7) is -0.0423. The predicted octanol–water partition coefficient (Wildman–Crippen LogP) is -0.860. The third kappa shape index (κ3) is 8.59. The van der Waals surface area contributed by atoms with Gasteiger partial charge in [-0.05, 0) is 0 Å². The van der Waals surface area contributed by atoms with Gasteiger partial charge in [0, 0.05) is 32.7 Å². The molecule has 1 radical (unpaired) electrons. The molecule has 0 aliphatic carbocycles. The van der Waals surface area contributed by atoms with E-state index in [0.29, 0.717) is 0 Å². The normalized spacial score (nSPS) is 7.22. The molecule has 0 atom stereocenters. The van der Waals surface area contributed by atoms with Crippen molar-refractivity contribution in [1.82, 2.24) is 5.32 Å². The van der Waals surface area contributed by atoms with E-state index in [-0.39, 0.29) is 50.9 Å². The fourth-order valence-corrected chi connectivity index (χ4v) is 0.302. The summed E-state index contributed by atoms with van der Waals surface area (Å²) in [5.41, 5.74) is 0. The Bertz CT molecular complexity index is 98.6. The van der Waals surface area contributed by atoms with Crippen LogP contribution in [0.25, 0.3) is 0 Å². The fraction of sp³-hybridized carbons (Fsp3) is 0.500. The summed E-state index contributed by atoms with van der Waals surface area (Å²) < 4.78 is 0. The minimum atomic E-state index is -0.253. The topological polar surface area (TPSA) is 46.2 Å². The van der Waals surface area contributed by atoms with Crippen LogP contribution in [0.1, 0.15) is 0 Å². The van der Waals surface area contributed by atoms with Crippen molar-refractivity contribution in [3.05, 3.63) is 0 Å². The van der Waals surface area contributed by atoms with E-state index in [4.69, 9.17) is 0 Å².